The summed E-state index contributed by atoms with van der Waals surface area (Å²) in [7, 11) is 0. The lowest BCUT2D eigenvalue weighted by molar-refractivity contribution is -0.115. The third-order valence-corrected chi connectivity index (χ3v) is 3.90. The van der Waals surface area contributed by atoms with Gasteiger partial charge in [-0.2, -0.15) is 5.26 Å². The van der Waals surface area contributed by atoms with Crippen molar-refractivity contribution in [1.82, 2.24) is 5.32 Å². The van der Waals surface area contributed by atoms with E-state index in [0.29, 0.717) is 12.1 Å². The predicted molar refractivity (Wildman–Crippen MR) is 96.4 cm³/mol. The highest BCUT2D eigenvalue weighted by atomic mass is 19.1. The van der Waals surface area contributed by atoms with E-state index in [9.17, 15) is 9.18 Å². The molecule has 4 nitrogen and oxygen atoms in total. The summed E-state index contributed by atoms with van der Waals surface area (Å²) < 4.78 is 13.1. The SMILES string of the molecule is CC(C)[C@@H](NCC(=O)Nc1ccc(CC#N)cc1)c1ccc(F)cc1. The molecule has 0 aromatic heterocycles. The van der Waals surface area contributed by atoms with Gasteiger partial charge in [-0.3, -0.25) is 4.79 Å². The minimum Gasteiger partial charge on any atom is -0.325 e. The van der Waals surface area contributed by atoms with Crippen LogP contribution in [0.5, 0.6) is 0 Å². The molecule has 5 heteroatoms. The van der Waals surface area contributed by atoms with Gasteiger partial charge in [-0.25, -0.2) is 4.39 Å². The number of carbonyl (C=O) groups is 1. The number of amides is 1. The van der Waals surface area contributed by atoms with Crippen LogP contribution in [0.4, 0.5) is 10.1 Å². The maximum absolute atomic E-state index is 13.1. The molecule has 1 amide bonds. The number of benzene rings is 2. The second-order valence-electron chi connectivity index (χ2n) is 6.23. The van der Waals surface area contributed by atoms with Crippen LogP contribution < -0.4 is 10.6 Å². The zero-order valence-corrected chi connectivity index (χ0v) is 14.4. The zero-order valence-electron chi connectivity index (χ0n) is 14.4. The molecule has 25 heavy (non-hydrogen) atoms. The van der Waals surface area contributed by atoms with Crippen LogP contribution in [0.15, 0.2) is 48.5 Å². The van der Waals surface area contributed by atoms with Crippen LogP contribution in [0.25, 0.3) is 0 Å². The van der Waals surface area contributed by atoms with Gasteiger partial charge >= 0.3 is 0 Å². The van der Waals surface area contributed by atoms with E-state index in [2.05, 4.69) is 16.7 Å². The van der Waals surface area contributed by atoms with E-state index in [1.54, 1.807) is 24.3 Å². The van der Waals surface area contributed by atoms with Crippen molar-refractivity contribution in [1.29, 1.82) is 5.26 Å². The average molecular weight is 339 g/mol. The minimum atomic E-state index is -0.274. The van der Waals surface area contributed by atoms with Crippen molar-refractivity contribution in [2.45, 2.75) is 26.3 Å². The summed E-state index contributed by atoms with van der Waals surface area (Å²) in [4.78, 5) is 12.1. The maximum Gasteiger partial charge on any atom is 0.238 e. The average Bonchev–Trinajstić information content (AvgIpc) is 2.58. The van der Waals surface area contributed by atoms with Gasteiger partial charge in [0.15, 0.2) is 0 Å². The molecule has 0 aliphatic heterocycles. The number of anilines is 1. The first-order valence-corrected chi connectivity index (χ1v) is 8.24. The van der Waals surface area contributed by atoms with Gasteiger partial charge in [0.25, 0.3) is 0 Å². The van der Waals surface area contributed by atoms with Crippen LogP contribution in [-0.2, 0) is 11.2 Å². The second-order valence-corrected chi connectivity index (χ2v) is 6.23. The molecule has 0 heterocycles. The summed E-state index contributed by atoms with van der Waals surface area (Å²) in [6.07, 6.45) is 0.351. The topological polar surface area (TPSA) is 64.9 Å². The number of nitrogens with one attached hydrogen (secondary N) is 2. The lowest BCUT2D eigenvalue weighted by Crippen LogP contribution is -2.33. The Morgan fingerprint density at radius 3 is 2.32 bits per heavy atom. The number of hydrogen-bond donors (Lipinski definition) is 2. The van der Waals surface area contributed by atoms with Crippen molar-refractivity contribution in [2.24, 2.45) is 5.92 Å². The van der Waals surface area contributed by atoms with E-state index in [4.69, 9.17) is 5.26 Å². The Balaban J connectivity index is 1.92. The van der Waals surface area contributed by atoms with Gasteiger partial charge in [-0.15, -0.1) is 0 Å². The lowest BCUT2D eigenvalue weighted by Gasteiger charge is -2.22. The predicted octanol–water partition coefficient (Wildman–Crippen LogP) is 3.82. The third-order valence-electron chi connectivity index (χ3n) is 3.90. The third kappa shape index (κ3) is 5.70. The highest BCUT2D eigenvalue weighted by Gasteiger charge is 2.16. The van der Waals surface area contributed by atoms with Gasteiger partial charge in [-0.1, -0.05) is 38.1 Å². The van der Waals surface area contributed by atoms with Crippen molar-refractivity contribution in [3.63, 3.8) is 0 Å². The molecule has 2 N–H and O–H groups in total. The molecule has 1 atom stereocenters. The molecule has 130 valence electrons. The maximum atomic E-state index is 13.1. The lowest BCUT2D eigenvalue weighted by atomic mass is 9.96. The van der Waals surface area contributed by atoms with E-state index >= 15 is 0 Å². The van der Waals surface area contributed by atoms with Crippen molar-refractivity contribution < 1.29 is 9.18 Å². The van der Waals surface area contributed by atoms with E-state index < -0.39 is 0 Å². The fourth-order valence-electron chi connectivity index (χ4n) is 2.61. The normalized spacial score (nSPS) is 11.8. The Morgan fingerprint density at radius 2 is 1.76 bits per heavy atom. The highest BCUT2D eigenvalue weighted by molar-refractivity contribution is 5.92. The van der Waals surface area contributed by atoms with Crippen molar-refractivity contribution in [3.05, 3.63) is 65.5 Å². The van der Waals surface area contributed by atoms with Crippen LogP contribution in [0.3, 0.4) is 0 Å². The first-order valence-electron chi connectivity index (χ1n) is 8.24. The Morgan fingerprint density at radius 1 is 1.12 bits per heavy atom. The van der Waals surface area contributed by atoms with Gasteiger partial charge in [0.2, 0.25) is 5.91 Å². The number of halogens is 1. The van der Waals surface area contributed by atoms with E-state index in [0.717, 1.165) is 11.1 Å². The summed E-state index contributed by atoms with van der Waals surface area (Å²) in [5.41, 5.74) is 2.55. The summed E-state index contributed by atoms with van der Waals surface area (Å²) >= 11 is 0. The summed E-state index contributed by atoms with van der Waals surface area (Å²) in [6, 6.07) is 15.6. The number of hydrogen-bond acceptors (Lipinski definition) is 3. The molecule has 0 saturated heterocycles. The number of carbonyl (C=O) groups excluding carboxylic acids is 1. The molecule has 0 bridgehead atoms. The molecule has 2 aromatic rings. The molecular weight excluding hydrogens is 317 g/mol. The monoisotopic (exact) mass is 339 g/mol. The molecule has 0 aliphatic rings. The van der Waals surface area contributed by atoms with Gasteiger partial charge in [0.1, 0.15) is 5.82 Å². The van der Waals surface area contributed by atoms with Gasteiger partial charge in [-0.05, 0) is 41.3 Å². The zero-order chi connectivity index (χ0) is 18.2. The smallest absolute Gasteiger partial charge is 0.238 e. The van der Waals surface area contributed by atoms with Crippen molar-refractivity contribution >= 4 is 11.6 Å². The molecule has 0 aliphatic carbocycles. The number of nitriles is 1. The van der Waals surface area contributed by atoms with E-state index in [1.165, 1.54) is 12.1 Å². The van der Waals surface area contributed by atoms with Gasteiger partial charge in [0, 0.05) is 11.7 Å². The Labute approximate surface area is 147 Å². The van der Waals surface area contributed by atoms with Crippen LogP contribution in [0, 0.1) is 23.1 Å². The first kappa shape index (κ1) is 18.6. The van der Waals surface area contributed by atoms with Gasteiger partial charge < -0.3 is 10.6 Å². The first-order chi connectivity index (χ1) is 12.0. The molecule has 0 fully saturated rings. The molecule has 2 rings (SSSR count). The standard InChI is InChI=1S/C20H22FN3O/c1-14(2)20(16-5-7-17(21)8-6-16)23-13-19(25)24-18-9-3-15(4-10-18)11-12-22/h3-10,14,20,23H,11,13H2,1-2H3,(H,24,25)/t20-/m1/s1. The number of rotatable bonds is 7. The van der Waals surface area contributed by atoms with E-state index in [1.807, 2.05) is 26.0 Å². The van der Waals surface area contributed by atoms with Crippen LogP contribution in [0.1, 0.15) is 31.0 Å². The summed E-state index contributed by atoms with van der Waals surface area (Å²) in [5.74, 6) is -0.173. The molecule has 0 spiro atoms. The van der Waals surface area contributed by atoms with Crippen LogP contribution in [-0.4, -0.2) is 12.5 Å². The quantitative estimate of drug-likeness (QED) is 0.806. The largest absolute Gasteiger partial charge is 0.325 e. The molecule has 0 saturated carbocycles. The van der Waals surface area contributed by atoms with E-state index in [-0.39, 0.29) is 30.2 Å². The minimum absolute atomic E-state index is 0.0376. The summed E-state index contributed by atoms with van der Waals surface area (Å²) in [6.45, 7) is 4.25. The summed E-state index contributed by atoms with van der Waals surface area (Å²) in [5, 5.41) is 14.7. The van der Waals surface area contributed by atoms with Crippen LogP contribution >= 0.6 is 0 Å². The van der Waals surface area contributed by atoms with Crippen molar-refractivity contribution in [2.75, 3.05) is 11.9 Å². The Hall–Kier alpha value is -2.71. The molecule has 0 unspecified atom stereocenters. The Bertz CT molecular complexity index is 733. The fourth-order valence-corrected chi connectivity index (χ4v) is 2.61. The van der Waals surface area contributed by atoms with Gasteiger partial charge in [0.05, 0.1) is 19.0 Å². The molecule has 0 radical (unpaired) electrons. The highest BCUT2D eigenvalue weighted by Crippen LogP contribution is 2.21. The van der Waals surface area contributed by atoms with Crippen LogP contribution in [0.2, 0.25) is 0 Å². The van der Waals surface area contributed by atoms with Crippen molar-refractivity contribution in [3.8, 4) is 6.07 Å². The molecular formula is C20H22FN3O. The number of nitrogens with zero attached hydrogens (tertiary/aromatic N) is 1. The second kappa shape index (κ2) is 8.95. The molecule has 2 aromatic carbocycles. The fraction of sp³-hybridized carbons (Fsp3) is 0.300. The Kier molecular flexibility index (Phi) is 6.67.